The van der Waals surface area contributed by atoms with Gasteiger partial charge in [-0.15, -0.1) is 0 Å². The maximum atomic E-state index is 6.21. The maximum Gasteiger partial charge on any atom is 0.143 e. The Balaban J connectivity index is 2.06. The Morgan fingerprint density at radius 2 is 1.54 bits per heavy atom. The van der Waals surface area contributed by atoms with E-state index in [1.165, 1.54) is 32.3 Å². The Morgan fingerprint density at radius 1 is 0.750 bits per heavy atom. The van der Waals surface area contributed by atoms with Crippen molar-refractivity contribution < 1.29 is 4.42 Å². The second kappa shape index (κ2) is 4.04. The Hall–Kier alpha value is -3.13. The van der Waals surface area contributed by atoms with Crippen molar-refractivity contribution in [2.45, 2.75) is 6.92 Å². The third-order valence-corrected chi connectivity index (χ3v) is 5.18. The van der Waals surface area contributed by atoms with Crippen LogP contribution in [0.1, 0.15) is 5.76 Å². The van der Waals surface area contributed by atoms with Gasteiger partial charge < -0.3 is 4.42 Å². The predicted molar refractivity (Wildman–Crippen MR) is 100.0 cm³/mol. The standard InChI is InChI=1S/C22H13NO/c1-12-16-7-6-13-8-9-23-21-17-10-14-4-2-3-5-15(14)11-18(17)22(24-12)20(16)19(13)21/h2-11H,1H3. The van der Waals surface area contributed by atoms with Crippen molar-refractivity contribution >= 4 is 54.2 Å². The lowest BCUT2D eigenvalue weighted by atomic mass is 9.94. The molecule has 0 saturated heterocycles. The van der Waals surface area contributed by atoms with Crippen molar-refractivity contribution in [2.24, 2.45) is 0 Å². The summed E-state index contributed by atoms with van der Waals surface area (Å²) < 4.78 is 6.21. The molecule has 0 atom stereocenters. The monoisotopic (exact) mass is 307 g/mol. The number of hydrogen-bond donors (Lipinski definition) is 0. The van der Waals surface area contributed by atoms with Crippen LogP contribution in [-0.4, -0.2) is 4.98 Å². The van der Waals surface area contributed by atoms with E-state index in [0.29, 0.717) is 0 Å². The molecule has 2 heteroatoms. The maximum absolute atomic E-state index is 6.21. The number of aryl methyl sites for hydroxylation is 1. The van der Waals surface area contributed by atoms with E-state index in [0.717, 1.165) is 27.6 Å². The molecule has 0 aliphatic rings. The molecule has 2 aromatic heterocycles. The highest BCUT2D eigenvalue weighted by Crippen LogP contribution is 2.43. The summed E-state index contributed by atoms with van der Waals surface area (Å²) in [5.41, 5.74) is 2.04. The molecule has 0 spiro atoms. The molecule has 2 heterocycles. The molecule has 0 fully saturated rings. The molecule has 0 saturated carbocycles. The predicted octanol–water partition coefficient (Wildman–Crippen LogP) is 6.19. The fourth-order valence-corrected chi connectivity index (χ4v) is 4.08. The Labute approximate surface area is 137 Å². The van der Waals surface area contributed by atoms with Crippen molar-refractivity contribution in [3.05, 3.63) is 66.6 Å². The molecule has 0 amide bonds. The van der Waals surface area contributed by atoms with Crippen molar-refractivity contribution in [3.63, 3.8) is 0 Å². The average Bonchev–Trinajstić information content (AvgIpc) is 2.97. The Kier molecular flexibility index (Phi) is 2.07. The van der Waals surface area contributed by atoms with Crippen LogP contribution in [0.5, 0.6) is 0 Å². The van der Waals surface area contributed by atoms with Gasteiger partial charge in [-0.3, -0.25) is 4.98 Å². The van der Waals surface area contributed by atoms with Gasteiger partial charge in [0.25, 0.3) is 0 Å². The van der Waals surface area contributed by atoms with Gasteiger partial charge in [0.2, 0.25) is 0 Å². The molecular formula is C22H13NO. The summed E-state index contributed by atoms with van der Waals surface area (Å²) >= 11 is 0. The van der Waals surface area contributed by atoms with Gasteiger partial charge in [0.1, 0.15) is 11.3 Å². The van der Waals surface area contributed by atoms with Crippen LogP contribution in [0.25, 0.3) is 54.2 Å². The van der Waals surface area contributed by atoms with Crippen molar-refractivity contribution in [1.82, 2.24) is 4.98 Å². The van der Waals surface area contributed by atoms with Gasteiger partial charge in [0.15, 0.2) is 0 Å². The number of aromatic nitrogens is 1. The smallest absolute Gasteiger partial charge is 0.143 e. The largest absolute Gasteiger partial charge is 0.460 e. The van der Waals surface area contributed by atoms with Crippen molar-refractivity contribution in [3.8, 4) is 0 Å². The molecule has 6 aromatic rings. The molecule has 6 rings (SSSR count). The second-order valence-corrected chi connectivity index (χ2v) is 6.48. The van der Waals surface area contributed by atoms with E-state index in [1.54, 1.807) is 0 Å². The summed E-state index contributed by atoms with van der Waals surface area (Å²) in [6, 6.07) is 19.3. The zero-order valence-electron chi connectivity index (χ0n) is 13.1. The molecule has 24 heavy (non-hydrogen) atoms. The molecule has 112 valence electrons. The lowest BCUT2D eigenvalue weighted by molar-refractivity contribution is 0.586. The molecule has 0 N–H and O–H groups in total. The average molecular weight is 307 g/mol. The van der Waals surface area contributed by atoms with Gasteiger partial charge in [-0.05, 0) is 41.3 Å². The third-order valence-electron chi connectivity index (χ3n) is 5.18. The molecular weight excluding hydrogens is 294 g/mol. The quantitative estimate of drug-likeness (QED) is 0.247. The fourth-order valence-electron chi connectivity index (χ4n) is 4.08. The normalized spacial score (nSPS) is 12.4. The second-order valence-electron chi connectivity index (χ2n) is 6.48. The number of fused-ring (bicyclic) bond motifs is 4. The highest BCUT2D eigenvalue weighted by Gasteiger charge is 2.19. The number of benzene rings is 4. The topological polar surface area (TPSA) is 26.0 Å². The molecule has 0 bridgehead atoms. The number of rotatable bonds is 0. The Bertz CT molecular complexity index is 1410. The van der Waals surface area contributed by atoms with E-state index in [1.807, 2.05) is 13.1 Å². The molecule has 2 nitrogen and oxygen atoms in total. The van der Waals surface area contributed by atoms with Crippen LogP contribution in [0, 0.1) is 6.92 Å². The lowest BCUT2D eigenvalue weighted by Gasteiger charge is -2.10. The summed E-state index contributed by atoms with van der Waals surface area (Å²) in [5, 5.41) is 9.58. The highest BCUT2D eigenvalue weighted by molar-refractivity contribution is 6.32. The lowest BCUT2D eigenvalue weighted by Crippen LogP contribution is -1.87. The minimum atomic E-state index is 0.970. The van der Waals surface area contributed by atoms with E-state index in [9.17, 15) is 0 Å². The highest BCUT2D eigenvalue weighted by atomic mass is 16.3. The van der Waals surface area contributed by atoms with Gasteiger partial charge in [-0.25, -0.2) is 0 Å². The van der Waals surface area contributed by atoms with Crippen LogP contribution < -0.4 is 0 Å². The zero-order chi connectivity index (χ0) is 15.8. The van der Waals surface area contributed by atoms with E-state index < -0.39 is 0 Å². The first-order valence-electron chi connectivity index (χ1n) is 8.15. The molecule has 0 radical (unpaired) electrons. The third kappa shape index (κ3) is 1.35. The summed E-state index contributed by atoms with van der Waals surface area (Å²) in [6.45, 7) is 2.04. The van der Waals surface area contributed by atoms with Gasteiger partial charge >= 0.3 is 0 Å². The van der Waals surface area contributed by atoms with Gasteiger partial charge in [-0.2, -0.15) is 0 Å². The summed E-state index contributed by atoms with van der Waals surface area (Å²) in [4.78, 5) is 4.74. The van der Waals surface area contributed by atoms with E-state index in [-0.39, 0.29) is 0 Å². The molecule has 0 aliphatic heterocycles. The van der Waals surface area contributed by atoms with Crippen molar-refractivity contribution in [1.29, 1.82) is 0 Å². The van der Waals surface area contributed by atoms with E-state index in [4.69, 9.17) is 9.40 Å². The molecule has 0 unspecified atom stereocenters. The molecule has 4 aromatic carbocycles. The van der Waals surface area contributed by atoms with Gasteiger partial charge in [0.05, 0.1) is 5.52 Å². The van der Waals surface area contributed by atoms with Crippen LogP contribution in [0.15, 0.2) is 65.2 Å². The number of hydrogen-bond acceptors (Lipinski definition) is 2. The fraction of sp³-hybridized carbons (Fsp3) is 0.0455. The Morgan fingerprint density at radius 3 is 2.38 bits per heavy atom. The van der Waals surface area contributed by atoms with Crippen LogP contribution in [0.4, 0.5) is 0 Å². The minimum Gasteiger partial charge on any atom is -0.460 e. The van der Waals surface area contributed by atoms with E-state index in [2.05, 4.69) is 54.6 Å². The zero-order valence-corrected chi connectivity index (χ0v) is 13.1. The minimum absolute atomic E-state index is 0.970. The number of nitrogens with zero attached hydrogens (tertiary/aromatic N) is 1. The van der Waals surface area contributed by atoms with Crippen LogP contribution in [0.2, 0.25) is 0 Å². The van der Waals surface area contributed by atoms with Crippen LogP contribution in [0.3, 0.4) is 0 Å². The van der Waals surface area contributed by atoms with Crippen LogP contribution >= 0.6 is 0 Å². The van der Waals surface area contributed by atoms with E-state index >= 15 is 0 Å². The summed E-state index contributed by atoms with van der Waals surface area (Å²) in [7, 11) is 0. The SMILES string of the molecule is Cc1oc2c3cc4ccccc4cc3c3nccc4ccc1c2c43. The first-order chi connectivity index (χ1) is 11.8. The van der Waals surface area contributed by atoms with Gasteiger partial charge in [0, 0.05) is 33.1 Å². The molecule has 0 aliphatic carbocycles. The first-order valence-corrected chi connectivity index (χ1v) is 8.15. The summed E-state index contributed by atoms with van der Waals surface area (Å²) in [5.74, 6) is 0.970. The van der Waals surface area contributed by atoms with Gasteiger partial charge in [-0.1, -0.05) is 36.4 Å². The summed E-state index contributed by atoms with van der Waals surface area (Å²) in [6.07, 6.45) is 1.90. The number of furan rings is 1. The van der Waals surface area contributed by atoms with Crippen molar-refractivity contribution in [2.75, 3.05) is 0 Å². The first kappa shape index (κ1) is 12.3. The van der Waals surface area contributed by atoms with Crippen LogP contribution in [-0.2, 0) is 0 Å². The number of pyridine rings is 1.